The minimum atomic E-state index is -0.439. The van der Waals surface area contributed by atoms with Gasteiger partial charge in [0.05, 0.1) is 6.61 Å². The van der Waals surface area contributed by atoms with E-state index in [1.807, 2.05) is 19.1 Å². The lowest BCUT2D eigenvalue weighted by molar-refractivity contribution is 0.168. The maximum Gasteiger partial charge on any atom is 0.411 e. The molecule has 0 aromatic heterocycles. The van der Waals surface area contributed by atoms with Gasteiger partial charge in [-0.15, -0.1) is 0 Å². The number of carbonyl (C=O) groups excluding carboxylic acids is 1. The molecule has 1 amide bonds. The standard InChI is InChI=1S/C11H16N2O2/c1-3-15-11(14)13-10-6-4-9(5-7-10)8(2)12/h4-8H,3,12H2,1-2H3,(H,13,14). The Labute approximate surface area is 89.4 Å². The molecule has 0 saturated carbocycles. The zero-order chi connectivity index (χ0) is 11.3. The third kappa shape index (κ3) is 3.59. The van der Waals surface area contributed by atoms with Crippen molar-refractivity contribution in [3.8, 4) is 0 Å². The summed E-state index contributed by atoms with van der Waals surface area (Å²) in [7, 11) is 0. The first-order chi connectivity index (χ1) is 7.13. The van der Waals surface area contributed by atoms with Crippen molar-refractivity contribution in [1.29, 1.82) is 0 Å². The molecular weight excluding hydrogens is 192 g/mol. The lowest BCUT2D eigenvalue weighted by Crippen LogP contribution is -2.13. The van der Waals surface area contributed by atoms with Gasteiger partial charge in [0.15, 0.2) is 0 Å². The molecule has 1 unspecified atom stereocenters. The average molecular weight is 208 g/mol. The Hall–Kier alpha value is -1.55. The number of nitrogens with two attached hydrogens (primary N) is 1. The highest BCUT2D eigenvalue weighted by molar-refractivity contribution is 5.84. The van der Waals surface area contributed by atoms with Gasteiger partial charge in [0.1, 0.15) is 0 Å². The molecule has 4 heteroatoms. The Morgan fingerprint density at radius 1 is 1.47 bits per heavy atom. The molecule has 0 spiro atoms. The first-order valence-electron chi connectivity index (χ1n) is 4.92. The van der Waals surface area contributed by atoms with E-state index in [1.165, 1.54) is 0 Å². The second-order valence-electron chi connectivity index (χ2n) is 3.26. The third-order valence-corrected chi connectivity index (χ3v) is 1.96. The van der Waals surface area contributed by atoms with Crippen LogP contribution in [0.25, 0.3) is 0 Å². The number of ether oxygens (including phenoxy) is 1. The van der Waals surface area contributed by atoms with Crippen LogP contribution in [0, 0.1) is 0 Å². The summed E-state index contributed by atoms with van der Waals surface area (Å²) < 4.78 is 4.75. The van der Waals surface area contributed by atoms with Crippen LogP contribution in [0.5, 0.6) is 0 Å². The van der Waals surface area contributed by atoms with Crippen LogP contribution in [0.1, 0.15) is 25.5 Å². The fourth-order valence-electron chi connectivity index (χ4n) is 1.16. The zero-order valence-electron chi connectivity index (χ0n) is 8.99. The number of hydrogen-bond acceptors (Lipinski definition) is 3. The van der Waals surface area contributed by atoms with Gasteiger partial charge in [0.2, 0.25) is 0 Å². The van der Waals surface area contributed by atoms with Crippen LogP contribution in [0.15, 0.2) is 24.3 Å². The van der Waals surface area contributed by atoms with Crippen LogP contribution in [-0.2, 0) is 4.74 Å². The average Bonchev–Trinajstić information content (AvgIpc) is 2.18. The molecule has 3 N–H and O–H groups in total. The van der Waals surface area contributed by atoms with Gasteiger partial charge < -0.3 is 10.5 Å². The van der Waals surface area contributed by atoms with Crippen molar-refractivity contribution in [2.24, 2.45) is 5.73 Å². The van der Waals surface area contributed by atoms with Crippen molar-refractivity contribution in [2.45, 2.75) is 19.9 Å². The number of hydrogen-bond donors (Lipinski definition) is 2. The van der Waals surface area contributed by atoms with E-state index in [1.54, 1.807) is 19.1 Å². The van der Waals surface area contributed by atoms with Crippen molar-refractivity contribution in [3.63, 3.8) is 0 Å². The Balaban J connectivity index is 2.60. The maximum atomic E-state index is 11.1. The smallest absolute Gasteiger partial charge is 0.411 e. The predicted octanol–water partition coefficient (Wildman–Crippen LogP) is 2.27. The molecule has 0 saturated heterocycles. The summed E-state index contributed by atoms with van der Waals surface area (Å²) in [6, 6.07) is 7.37. The Morgan fingerprint density at radius 3 is 2.53 bits per heavy atom. The van der Waals surface area contributed by atoms with Crippen molar-refractivity contribution in [1.82, 2.24) is 0 Å². The summed E-state index contributed by atoms with van der Waals surface area (Å²) >= 11 is 0. The topological polar surface area (TPSA) is 64.3 Å². The Morgan fingerprint density at radius 2 is 2.07 bits per heavy atom. The lowest BCUT2D eigenvalue weighted by atomic mass is 10.1. The molecule has 0 fully saturated rings. The molecule has 1 rings (SSSR count). The van der Waals surface area contributed by atoms with E-state index in [0.29, 0.717) is 12.3 Å². The second kappa shape index (κ2) is 5.36. The van der Waals surface area contributed by atoms with Gasteiger partial charge in [-0.05, 0) is 31.5 Å². The molecule has 0 aliphatic heterocycles. The van der Waals surface area contributed by atoms with E-state index in [9.17, 15) is 4.79 Å². The van der Waals surface area contributed by atoms with Gasteiger partial charge in [-0.25, -0.2) is 4.79 Å². The Bertz CT molecular complexity index is 320. The summed E-state index contributed by atoms with van der Waals surface area (Å²) in [6.45, 7) is 4.04. The normalized spacial score (nSPS) is 11.9. The third-order valence-electron chi connectivity index (χ3n) is 1.96. The SMILES string of the molecule is CCOC(=O)Nc1ccc(C(C)N)cc1. The minimum absolute atomic E-state index is 0.00152. The largest absolute Gasteiger partial charge is 0.450 e. The molecule has 1 aromatic carbocycles. The van der Waals surface area contributed by atoms with Crippen LogP contribution < -0.4 is 11.1 Å². The van der Waals surface area contributed by atoms with E-state index in [4.69, 9.17) is 10.5 Å². The van der Waals surface area contributed by atoms with Gasteiger partial charge >= 0.3 is 6.09 Å². The van der Waals surface area contributed by atoms with Gasteiger partial charge in [-0.2, -0.15) is 0 Å². The summed E-state index contributed by atoms with van der Waals surface area (Å²) in [5.74, 6) is 0. The first-order valence-corrected chi connectivity index (χ1v) is 4.92. The lowest BCUT2D eigenvalue weighted by Gasteiger charge is -2.08. The van der Waals surface area contributed by atoms with Gasteiger partial charge in [-0.1, -0.05) is 12.1 Å². The van der Waals surface area contributed by atoms with Gasteiger partial charge in [0, 0.05) is 11.7 Å². The Kier molecular flexibility index (Phi) is 4.12. The van der Waals surface area contributed by atoms with Crippen LogP contribution in [0.3, 0.4) is 0 Å². The molecule has 1 atom stereocenters. The highest BCUT2D eigenvalue weighted by Gasteiger charge is 2.02. The van der Waals surface area contributed by atoms with Crippen molar-refractivity contribution in [3.05, 3.63) is 29.8 Å². The second-order valence-corrected chi connectivity index (χ2v) is 3.26. The van der Waals surface area contributed by atoms with Crippen molar-refractivity contribution < 1.29 is 9.53 Å². The van der Waals surface area contributed by atoms with Gasteiger partial charge in [0.25, 0.3) is 0 Å². The fourth-order valence-corrected chi connectivity index (χ4v) is 1.16. The first kappa shape index (κ1) is 11.5. The predicted molar refractivity (Wildman–Crippen MR) is 59.7 cm³/mol. The molecule has 1 aromatic rings. The number of rotatable bonds is 3. The van der Waals surface area contributed by atoms with Crippen LogP contribution in [0.2, 0.25) is 0 Å². The van der Waals surface area contributed by atoms with E-state index < -0.39 is 6.09 Å². The van der Waals surface area contributed by atoms with E-state index in [0.717, 1.165) is 5.56 Å². The summed E-state index contributed by atoms with van der Waals surface area (Å²) in [5.41, 5.74) is 7.44. The van der Waals surface area contributed by atoms with Crippen LogP contribution >= 0.6 is 0 Å². The summed E-state index contributed by atoms with van der Waals surface area (Å²) in [4.78, 5) is 11.1. The van der Waals surface area contributed by atoms with E-state index in [2.05, 4.69) is 5.32 Å². The number of nitrogens with one attached hydrogen (secondary N) is 1. The summed E-state index contributed by atoms with van der Waals surface area (Å²) in [6.07, 6.45) is -0.439. The molecule has 0 aliphatic carbocycles. The zero-order valence-corrected chi connectivity index (χ0v) is 8.99. The quantitative estimate of drug-likeness (QED) is 0.800. The highest BCUT2D eigenvalue weighted by atomic mass is 16.5. The highest BCUT2D eigenvalue weighted by Crippen LogP contribution is 2.14. The van der Waals surface area contributed by atoms with Crippen molar-refractivity contribution in [2.75, 3.05) is 11.9 Å². The molecule has 15 heavy (non-hydrogen) atoms. The number of benzene rings is 1. The molecule has 0 radical (unpaired) electrons. The number of amides is 1. The van der Waals surface area contributed by atoms with Crippen molar-refractivity contribution >= 4 is 11.8 Å². The van der Waals surface area contributed by atoms with Crippen LogP contribution in [-0.4, -0.2) is 12.7 Å². The number of carbonyl (C=O) groups is 1. The van der Waals surface area contributed by atoms with Crippen LogP contribution in [0.4, 0.5) is 10.5 Å². The van der Waals surface area contributed by atoms with Gasteiger partial charge in [-0.3, -0.25) is 5.32 Å². The monoisotopic (exact) mass is 208 g/mol. The summed E-state index contributed by atoms with van der Waals surface area (Å²) in [5, 5.41) is 2.61. The fraction of sp³-hybridized carbons (Fsp3) is 0.364. The molecular formula is C11H16N2O2. The molecule has 0 bridgehead atoms. The van der Waals surface area contributed by atoms with E-state index in [-0.39, 0.29) is 6.04 Å². The minimum Gasteiger partial charge on any atom is -0.450 e. The maximum absolute atomic E-state index is 11.1. The molecule has 0 aliphatic rings. The molecule has 82 valence electrons. The molecule has 4 nitrogen and oxygen atoms in total. The molecule has 0 heterocycles. The van der Waals surface area contributed by atoms with E-state index >= 15 is 0 Å². The number of anilines is 1.